The lowest BCUT2D eigenvalue weighted by molar-refractivity contribution is 0.102. The second-order valence-corrected chi connectivity index (χ2v) is 4.94. The van der Waals surface area contributed by atoms with E-state index in [1.807, 2.05) is 51.1 Å². The Morgan fingerprint density at radius 2 is 1.70 bits per heavy atom. The first-order chi connectivity index (χ1) is 9.51. The summed E-state index contributed by atoms with van der Waals surface area (Å²) in [6, 6.07) is 11.3. The summed E-state index contributed by atoms with van der Waals surface area (Å²) < 4.78 is 5.15. The summed E-state index contributed by atoms with van der Waals surface area (Å²) in [5.74, 6) is 0.624. The topological polar surface area (TPSA) is 38.3 Å². The van der Waals surface area contributed by atoms with Gasteiger partial charge >= 0.3 is 0 Å². The summed E-state index contributed by atoms with van der Waals surface area (Å²) in [6.07, 6.45) is 0. The predicted octanol–water partition coefficient (Wildman–Crippen LogP) is 3.87. The summed E-state index contributed by atoms with van der Waals surface area (Å²) >= 11 is 0. The fourth-order valence-electron chi connectivity index (χ4n) is 2.10. The Labute approximate surface area is 119 Å². The van der Waals surface area contributed by atoms with Crippen LogP contribution >= 0.6 is 0 Å². The highest BCUT2D eigenvalue weighted by molar-refractivity contribution is 6.05. The Balaban J connectivity index is 2.26. The van der Waals surface area contributed by atoms with Gasteiger partial charge in [-0.05, 0) is 55.7 Å². The fourth-order valence-corrected chi connectivity index (χ4v) is 2.10. The number of methoxy groups -OCH3 is 1. The molecule has 20 heavy (non-hydrogen) atoms. The fraction of sp³-hybridized carbons (Fsp3) is 0.235. The average molecular weight is 269 g/mol. The van der Waals surface area contributed by atoms with Gasteiger partial charge in [-0.15, -0.1) is 0 Å². The quantitative estimate of drug-likeness (QED) is 0.918. The van der Waals surface area contributed by atoms with Gasteiger partial charge in [-0.1, -0.05) is 12.1 Å². The molecule has 3 heteroatoms. The SMILES string of the molecule is COc1cccc(NC(=O)c2cc(C)c(C)cc2C)c1. The number of hydrogen-bond acceptors (Lipinski definition) is 2. The molecule has 3 nitrogen and oxygen atoms in total. The number of aryl methyl sites for hydroxylation is 3. The number of amides is 1. The number of carbonyl (C=O) groups excluding carboxylic acids is 1. The molecule has 2 rings (SSSR count). The van der Waals surface area contributed by atoms with Gasteiger partial charge in [0, 0.05) is 17.3 Å². The minimum absolute atomic E-state index is 0.0983. The molecule has 0 spiro atoms. The van der Waals surface area contributed by atoms with Crippen LogP contribution in [0.15, 0.2) is 36.4 Å². The first-order valence-corrected chi connectivity index (χ1v) is 6.54. The number of carbonyl (C=O) groups is 1. The number of ether oxygens (including phenoxy) is 1. The van der Waals surface area contributed by atoms with E-state index >= 15 is 0 Å². The maximum Gasteiger partial charge on any atom is 0.255 e. The molecule has 0 aromatic heterocycles. The first kappa shape index (κ1) is 14.1. The molecule has 0 heterocycles. The van der Waals surface area contributed by atoms with E-state index in [2.05, 4.69) is 5.32 Å². The van der Waals surface area contributed by atoms with Crippen molar-refractivity contribution in [2.75, 3.05) is 12.4 Å². The van der Waals surface area contributed by atoms with Crippen LogP contribution in [-0.2, 0) is 0 Å². The maximum absolute atomic E-state index is 12.3. The van der Waals surface area contributed by atoms with E-state index < -0.39 is 0 Å². The third-order valence-electron chi connectivity index (χ3n) is 3.41. The van der Waals surface area contributed by atoms with Crippen LogP contribution in [0.1, 0.15) is 27.0 Å². The highest BCUT2D eigenvalue weighted by Gasteiger charge is 2.11. The van der Waals surface area contributed by atoms with E-state index in [0.29, 0.717) is 5.56 Å². The molecule has 2 aromatic rings. The van der Waals surface area contributed by atoms with Crippen LogP contribution in [0, 0.1) is 20.8 Å². The molecule has 0 bridgehead atoms. The van der Waals surface area contributed by atoms with Gasteiger partial charge in [-0.3, -0.25) is 4.79 Å². The third kappa shape index (κ3) is 2.99. The molecule has 2 aromatic carbocycles. The molecule has 0 saturated carbocycles. The minimum atomic E-state index is -0.0983. The van der Waals surface area contributed by atoms with Crippen LogP contribution in [0.25, 0.3) is 0 Å². The summed E-state index contributed by atoms with van der Waals surface area (Å²) in [7, 11) is 1.61. The van der Waals surface area contributed by atoms with Crippen molar-refractivity contribution in [1.82, 2.24) is 0 Å². The Morgan fingerprint density at radius 3 is 2.40 bits per heavy atom. The second kappa shape index (κ2) is 5.78. The van der Waals surface area contributed by atoms with Gasteiger partial charge in [0.25, 0.3) is 5.91 Å². The lowest BCUT2D eigenvalue weighted by atomic mass is 10.0. The maximum atomic E-state index is 12.3. The molecule has 0 unspecified atom stereocenters. The van der Waals surface area contributed by atoms with E-state index in [9.17, 15) is 4.79 Å². The lowest BCUT2D eigenvalue weighted by Gasteiger charge is -2.11. The number of rotatable bonds is 3. The zero-order valence-electron chi connectivity index (χ0n) is 12.3. The number of anilines is 1. The summed E-state index contributed by atoms with van der Waals surface area (Å²) in [5, 5.41) is 2.90. The zero-order chi connectivity index (χ0) is 14.7. The number of benzene rings is 2. The van der Waals surface area contributed by atoms with Crippen molar-refractivity contribution in [1.29, 1.82) is 0 Å². The van der Waals surface area contributed by atoms with Crippen molar-refractivity contribution in [2.24, 2.45) is 0 Å². The summed E-state index contributed by atoms with van der Waals surface area (Å²) in [4.78, 5) is 12.3. The average Bonchev–Trinajstić information content (AvgIpc) is 2.43. The van der Waals surface area contributed by atoms with E-state index in [0.717, 1.165) is 22.6 Å². The highest BCUT2D eigenvalue weighted by atomic mass is 16.5. The van der Waals surface area contributed by atoms with Gasteiger partial charge in [0.2, 0.25) is 0 Å². The highest BCUT2D eigenvalue weighted by Crippen LogP contribution is 2.20. The standard InChI is InChI=1S/C17H19NO2/c1-11-8-13(3)16(9-12(11)2)17(19)18-14-6-5-7-15(10-14)20-4/h5-10H,1-4H3,(H,18,19). The van der Waals surface area contributed by atoms with Crippen molar-refractivity contribution in [2.45, 2.75) is 20.8 Å². The molecular formula is C17H19NO2. The molecule has 0 fully saturated rings. The Kier molecular flexibility index (Phi) is 4.08. The van der Waals surface area contributed by atoms with Gasteiger partial charge in [-0.25, -0.2) is 0 Å². The van der Waals surface area contributed by atoms with Gasteiger partial charge in [0.05, 0.1) is 7.11 Å². The predicted molar refractivity (Wildman–Crippen MR) is 81.6 cm³/mol. The van der Waals surface area contributed by atoms with Crippen LogP contribution in [0.3, 0.4) is 0 Å². The second-order valence-electron chi connectivity index (χ2n) is 4.94. The molecule has 0 aliphatic carbocycles. The van der Waals surface area contributed by atoms with Crippen molar-refractivity contribution in [3.05, 3.63) is 58.7 Å². The van der Waals surface area contributed by atoms with Crippen LogP contribution < -0.4 is 10.1 Å². The molecular weight excluding hydrogens is 250 g/mol. The molecule has 104 valence electrons. The lowest BCUT2D eigenvalue weighted by Crippen LogP contribution is -2.14. The Morgan fingerprint density at radius 1 is 1.00 bits per heavy atom. The van der Waals surface area contributed by atoms with E-state index in [1.165, 1.54) is 5.56 Å². The monoisotopic (exact) mass is 269 g/mol. The summed E-state index contributed by atoms with van der Waals surface area (Å²) in [5.41, 5.74) is 4.73. The normalized spacial score (nSPS) is 10.2. The summed E-state index contributed by atoms with van der Waals surface area (Å²) in [6.45, 7) is 6.01. The molecule has 0 aliphatic rings. The van der Waals surface area contributed by atoms with Crippen molar-refractivity contribution < 1.29 is 9.53 Å². The molecule has 1 N–H and O–H groups in total. The largest absolute Gasteiger partial charge is 0.497 e. The molecule has 0 saturated heterocycles. The Bertz CT molecular complexity index is 647. The zero-order valence-corrected chi connectivity index (χ0v) is 12.3. The van der Waals surface area contributed by atoms with E-state index in [-0.39, 0.29) is 5.91 Å². The van der Waals surface area contributed by atoms with Crippen LogP contribution in [0.4, 0.5) is 5.69 Å². The van der Waals surface area contributed by atoms with Gasteiger partial charge in [0.15, 0.2) is 0 Å². The van der Waals surface area contributed by atoms with Crippen LogP contribution in [-0.4, -0.2) is 13.0 Å². The van der Waals surface area contributed by atoms with Gasteiger partial charge < -0.3 is 10.1 Å². The number of hydrogen-bond donors (Lipinski definition) is 1. The third-order valence-corrected chi connectivity index (χ3v) is 3.41. The van der Waals surface area contributed by atoms with Crippen LogP contribution in [0.5, 0.6) is 5.75 Å². The molecule has 0 atom stereocenters. The minimum Gasteiger partial charge on any atom is -0.497 e. The number of nitrogens with one attached hydrogen (secondary N) is 1. The Hall–Kier alpha value is -2.29. The van der Waals surface area contributed by atoms with Gasteiger partial charge in [0.1, 0.15) is 5.75 Å². The first-order valence-electron chi connectivity index (χ1n) is 6.54. The van der Waals surface area contributed by atoms with Gasteiger partial charge in [-0.2, -0.15) is 0 Å². The van der Waals surface area contributed by atoms with Crippen molar-refractivity contribution in [3.63, 3.8) is 0 Å². The molecule has 0 aliphatic heterocycles. The van der Waals surface area contributed by atoms with E-state index in [1.54, 1.807) is 13.2 Å². The smallest absolute Gasteiger partial charge is 0.255 e. The molecule has 1 amide bonds. The van der Waals surface area contributed by atoms with E-state index in [4.69, 9.17) is 4.74 Å². The van der Waals surface area contributed by atoms with Crippen LogP contribution in [0.2, 0.25) is 0 Å². The van der Waals surface area contributed by atoms with Crippen molar-refractivity contribution >= 4 is 11.6 Å². The van der Waals surface area contributed by atoms with Crippen molar-refractivity contribution in [3.8, 4) is 5.75 Å². The molecule has 0 radical (unpaired) electrons.